The zero-order chi connectivity index (χ0) is 12.7. The second-order valence-electron chi connectivity index (χ2n) is 5.29. The van der Waals surface area contributed by atoms with Crippen LogP contribution < -0.4 is 4.90 Å². The number of aromatic nitrogens is 2. The minimum Gasteiger partial charge on any atom is -0.393 e. The summed E-state index contributed by atoms with van der Waals surface area (Å²) in [5, 5.41) is 9.88. The zero-order valence-electron chi connectivity index (χ0n) is 10.5. The first-order valence-corrected chi connectivity index (χ1v) is 6.63. The summed E-state index contributed by atoms with van der Waals surface area (Å²) in [5.41, 5.74) is 0.470. The van der Waals surface area contributed by atoms with E-state index in [1.807, 2.05) is 11.8 Å². The van der Waals surface area contributed by atoms with Crippen LogP contribution in [0.5, 0.6) is 0 Å². The van der Waals surface area contributed by atoms with Gasteiger partial charge in [-0.2, -0.15) is 0 Å². The molecule has 0 aromatic carbocycles. The number of hydrogen-bond donors (Lipinski definition) is 1. The lowest BCUT2D eigenvalue weighted by molar-refractivity contribution is 0.133. The topological polar surface area (TPSA) is 49.2 Å². The molecule has 1 aromatic rings. The maximum atomic E-state index is 14.2. The van der Waals surface area contributed by atoms with Crippen molar-refractivity contribution in [1.82, 2.24) is 9.97 Å². The molecular weight excluding hydrogens is 233 g/mol. The van der Waals surface area contributed by atoms with E-state index in [2.05, 4.69) is 9.97 Å². The van der Waals surface area contributed by atoms with E-state index in [0.29, 0.717) is 30.4 Å². The molecule has 3 rings (SSSR count). The molecule has 0 radical (unpaired) electrons. The fourth-order valence-corrected chi connectivity index (χ4v) is 3.27. The van der Waals surface area contributed by atoms with Gasteiger partial charge in [0.1, 0.15) is 6.33 Å². The molecule has 98 valence electrons. The Morgan fingerprint density at radius 2 is 2.22 bits per heavy atom. The number of hydrogen-bond acceptors (Lipinski definition) is 4. The van der Waals surface area contributed by atoms with E-state index >= 15 is 0 Å². The van der Waals surface area contributed by atoms with Crippen LogP contribution in [-0.2, 0) is 6.42 Å². The summed E-state index contributed by atoms with van der Waals surface area (Å²) in [6.07, 6.45) is 3.70. The smallest absolute Gasteiger partial charge is 0.187 e. The number of rotatable bonds is 2. The molecule has 0 amide bonds. The summed E-state index contributed by atoms with van der Waals surface area (Å²) in [6, 6.07) is 0. The summed E-state index contributed by atoms with van der Waals surface area (Å²) in [5.74, 6) is 0.877. The maximum absolute atomic E-state index is 14.2. The van der Waals surface area contributed by atoms with Crippen LogP contribution in [0.4, 0.5) is 10.2 Å². The van der Waals surface area contributed by atoms with Gasteiger partial charge in [0.05, 0.1) is 11.8 Å². The Hall–Kier alpha value is -1.23. The van der Waals surface area contributed by atoms with Gasteiger partial charge in [0, 0.05) is 19.0 Å². The first-order valence-electron chi connectivity index (χ1n) is 6.63. The van der Waals surface area contributed by atoms with Crippen LogP contribution in [0.25, 0.3) is 0 Å². The molecule has 0 spiro atoms. The highest BCUT2D eigenvalue weighted by molar-refractivity contribution is 5.43. The van der Waals surface area contributed by atoms with E-state index in [-0.39, 0.29) is 17.8 Å². The van der Waals surface area contributed by atoms with Crippen molar-refractivity contribution in [3.8, 4) is 0 Å². The number of fused-ring (bicyclic) bond motifs is 1. The molecule has 1 aliphatic heterocycles. The van der Waals surface area contributed by atoms with Gasteiger partial charge in [-0.25, -0.2) is 14.4 Å². The number of aliphatic hydroxyl groups is 1. The summed E-state index contributed by atoms with van der Waals surface area (Å²) in [6.45, 7) is 3.40. The molecule has 3 atom stereocenters. The Labute approximate surface area is 106 Å². The number of anilines is 1. The summed E-state index contributed by atoms with van der Waals surface area (Å²) < 4.78 is 14.2. The lowest BCUT2D eigenvalue weighted by Gasteiger charge is -2.20. The van der Waals surface area contributed by atoms with Crippen molar-refractivity contribution in [2.75, 3.05) is 18.0 Å². The van der Waals surface area contributed by atoms with Gasteiger partial charge in [-0.1, -0.05) is 6.92 Å². The molecule has 2 aliphatic rings. The van der Waals surface area contributed by atoms with Gasteiger partial charge in [-0.3, -0.25) is 0 Å². The second kappa shape index (κ2) is 4.46. The monoisotopic (exact) mass is 251 g/mol. The van der Waals surface area contributed by atoms with Crippen molar-refractivity contribution < 1.29 is 9.50 Å². The Morgan fingerprint density at radius 3 is 2.94 bits per heavy atom. The molecule has 1 N–H and O–H groups in total. The van der Waals surface area contributed by atoms with E-state index in [4.69, 9.17) is 0 Å². The van der Waals surface area contributed by atoms with Gasteiger partial charge in [-0.15, -0.1) is 0 Å². The number of nitrogens with zero attached hydrogens (tertiary/aromatic N) is 3. The molecular formula is C13H18FN3O. The molecule has 1 saturated carbocycles. The normalized spacial score (nSPS) is 30.8. The highest BCUT2D eigenvalue weighted by Gasteiger charge is 2.42. The first kappa shape index (κ1) is 11.8. The maximum Gasteiger partial charge on any atom is 0.187 e. The molecule has 2 heterocycles. The molecule has 4 nitrogen and oxygen atoms in total. The van der Waals surface area contributed by atoms with E-state index < -0.39 is 0 Å². The lowest BCUT2D eigenvalue weighted by atomic mass is 10.00. The van der Waals surface area contributed by atoms with Crippen molar-refractivity contribution in [2.45, 2.75) is 32.3 Å². The van der Waals surface area contributed by atoms with Crippen LogP contribution in [0.15, 0.2) is 6.33 Å². The van der Waals surface area contributed by atoms with Crippen molar-refractivity contribution in [1.29, 1.82) is 0 Å². The Bertz CT molecular complexity index is 454. The highest BCUT2D eigenvalue weighted by atomic mass is 19.1. The van der Waals surface area contributed by atoms with Crippen molar-refractivity contribution in [3.63, 3.8) is 0 Å². The third-order valence-corrected chi connectivity index (χ3v) is 4.30. The number of aryl methyl sites for hydroxylation is 1. The fourth-order valence-electron chi connectivity index (χ4n) is 3.27. The highest BCUT2D eigenvalue weighted by Crippen LogP contribution is 2.39. The first-order chi connectivity index (χ1) is 8.70. The largest absolute Gasteiger partial charge is 0.393 e. The quantitative estimate of drug-likeness (QED) is 0.863. The molecule has 5 heteroatoms. The minimum absolute atomic E-state index is 0.226. The van der Waals surface area contributed by atoms with Gasteiger partial charge in [-0.05, 0) is 25.2 Å². The van der Waals surface area contributed by atoms with Crippen molar-refractivity contribution in [2.24, 2.45) is 11.8 Å². The van der Waals surface area contributed by atoms with Gasteiger partial charge in [0.15, 0.2) is 11.6 Å². The van der Waals surface area contributed by atoms with Crippen LogP contribution in [-0.4, -0.2) is 34.3 Å². The van der Waals surface area contributed by atoms with Gasteiger partial charge >= 0.3 is 0 Å². The molecule has 3 unspecified atom stereocenters. The lowest BCUT2D eigenvalue weighted by Crippen LogP contribution is -2.26. The van der Waals surface area contributed by atoms with Crippen LogP contribution in [0.2, 0.25) is 0 Å². The average molecular weight is 251 g/mol. The number of aliphatic hydroxyl groups excluding tert-OH is 1. The Morgan fingerprint density at radius 1 is 1.39 bits per heavy atom. The Balaban J connectivity index is 1.85. The molecule has 1 saturated heterocycles. The predicted octanol–water partition coefficient (Wildman–Crippen LogP) is 1.39. The third-order valence-electron chi connectivity index (χ3n) is 4.30. The van der Waals surface area contributed by atoms with Crippen LogP contribution in [0, 0.1) is 17.7 Å². The van der Waals surface area contributed by atoms with Crippen molar-refractivity contribution in [3.05, 3.63) is 17.8 Å². The van der Waals surface area contributed by atoms with E-state index in [0.717, 1.165) is 19.4 Å². The standard InChI is InChI=1S/C13H18FN3O/c1-2-10-12(14)13(16-7-15-10)17-5-8-3-4-11(18)9(8)6-17/h7-9,11,18H,2-6H2,1H3. The molecule has 1 aliphatic carbocycles. The fraction of sp³-hybridized carbons (Fsp3) is 0.692. The molecule has 1 aromatic heterocycles. The molecule has 18 heavy (non-hydrogen) atoms. The van der Waals surface area contributed by atoms with E-state index in [1.54, 1.807) is 0 Å². The minimum atomic E-state index is -0.297. The number of halogens is 1. The zero-order valence-corrected chi connectivity index (χ0v) is 10.5. The Kier molecular flexibility index (Phi) is 2.93. The third kappa shape index (κ3) is 1.77. The predicted molar refractivity (Wildman–Crippen MR) is 65.8 cm³/mol. The molecule has 2 fully saturated rings. The van der Waals surface area contributed by atoms with Crippen LogP contribution in [0.3, 0.4) is 0 Å². The molecule has 0 bridgehead atoms. The van der Waals surface area contributed by atoms with Gasteiger partial charge in [0.2, 0.25) is 0 Å². The summed E-state index contributed by atoms with van der Waals surface area (Å²) >= 11 is 0. The van der Waals surface area contributed by atoms with Crippen molar-refractivity contribution >= 4 is 5.82 Å². The van der Waals surface area contributed by atoms with Gasteiger partial charge < -0.3 is 10.0 Å². The second-order valence-corrected chi connectivity index (χ2v) is 5.29. The van der Waals surface area contributed by atoms with Gasteiger partial charge in [0.25, 0.3) is 0 Å². The van der Waals surface area contributed by atoms with Crippen LogP contribution in [0.1, 0.15) is 25.5 Å². The summed E-state index contributed by atoms with van der Waals surface area (Å²) in [4.78, 5) is 10.00. The van der Waals surface area contributed by atoms with E-state index in [1.165, 1.54) is 6.33 Å². The summed E-state index contributed by atoms with van der Waals surface area (Å²) in [7, 11) is 0. The van der Waals surface area contributed by atoms with Crippen LogP contribution >= 0.6 is 0 Å². The SMILES string of the molecule is CCc1ncnc(N2CC3CCC(O)C3C2)c1F. The van der Waals surface area contributed by atoms with E-state index in [9.17, 15) is 9.50 Å². The average Bonchev–Trinajstić information content (AvgIpc) is 2.92.